The van der Waals surface area contributed by atoms with Crippen molar-refractivity contribution in [3.63, 3.8) is 0 Å². The molecule has 0 saturated carbocycles. The summed E-state index contributed by atoms with van der Waals surface area (Å²) in [6.07, 6.45) is -1.76. The van der Waals surface area contributed by atoms with Crippen molar-refractivity contribution in [1.29, 1.82) is 0 Å². The molecule has 0 spiro atoms. The molecule has 12 nitrogen and oxygen atoms in total. The monoisotopic (exact) mass is 687 g/mol. The van der Waals surface area contributed by atoms with Gasteiger partial charge in [0.25, 0.3) is 0 Å². The van der Waals surface area contributed by atoms with Crippen molar-refractivity contribution in [3.8, 4) is 23.0 Å². The molecule has 0 N–H and O–H groups in total. The second-order valence-corrected chi connectivity index (χ2v) is 10.2. The van der Waals surface area contributed by atoms with Crippen LogP contribution in [-0.4, -0.2) is 100 Å². The summed E-state index contributed by atoms with van der Waals surface area (Å²) in [7, 11) is 0. The van der Waals surface area contributed by atoms with E-state index < -0.39 is 34.2 Å². The molecule has 13 heteroatoms. The van der Waals surface area contributed by atoms with E-state index in [4.69, 9.17) is 34.6 Å². The molecular formula is C28H36IN2O10-. The molecule has 2 unspecified atom stereocenters. The predicted octanol–water partition coefficient (Wildman–Crippen LogP) is 0.536. The number of nitrogens with zero attached hydrogens (tertiary/aromatic N) is 2. The molecule has 2 aliphatic rings. The Bertz CT molecular complexity index is 1040. The van der Waals surface area contributed by atoms with E-state index in [9.17, 15) is 9.59 Å². The number of ether oxygens (including phenoxy) is 6. The van der Waals surface area contributed by atoms with Crippen molar-refractivity contribution < 1.29 is 66.2 Å². The fourth-order valence-electron chi connectivity index (χ4n) is 4.19. The molecule has 2 amide bonds. The standard InChI is InChI=1S/C28H36IN2O10/c1-3-34-23-9-5-7-11-25(23)38-19-21-17-30(13-15-36-21)27(32)40-29-41-28(33)31-14-16-37-22(18-31)20-39-26-12-8-6-10-24(26)35-4-2/h5-12,21-22H,3-4,13-20H2,1-2H3/q-1. The number of carbonyl (C=O) groups is 2. The van der Waals surface area contributed by atoms with E-state index in [0.717, 1.165) is 0 Å². The van der Waals surface area contributed by atoms with Gasteiger partial charge in [-0.1, -0.05) is 0 Å². The maximum absolute atomic E-state index is 12.6. The molecule has 2 fully saturated rings. The van der Waals surface area contributed by atoms with E-state index in [1.807, 2.05) is 62.4 Å². The topological polar surface area (TPSA) is 114 Å². The summed E-state index contributed by atoms with van der Waals surface area (Å²) in [6, 6.07) is 14.8. The van der Waals surface area contributed by atoms with Gasteiger partial charge in [0, 0.05) is 0 Å². The Morgan fingerprint density at radius 1 is 0.707 bits per heavy atom. The number of rotatable bonds is 12. The van der Waals surface area contributed by atoms with Crippen LogP contribution in [0.25, 0.3) is 0 Å². The molecule has 0 bridgehead atoms. The fraction of sp³-hybridized carbons (Fsp3) is 0.500. The molecule has 2 saturated heterocycles. The van der Waals surface area contributed by atoms with Crippen LogP contribution in [0.3, 0.4) is 0 Å². The zero-order valence-corrected chi connectivity index (χ0v) is 25.4. The molecular weight excluding hydrogens is 651 g/mol. The number of halogens is 1. The van der Waals surface area contributed by atoms with E-state index in [2.05, 4.69) is 0 Å². The first kappa shape index (κ1) is 30.8. The van der Waals surface area contributed by atoms with Gasteiger partial charge in [0.05, 0.1) is 0 Å². The van der Waals surface area contributed by atoms with Gasteiger partial charge in [0.1, 0.15) is 0 Å². The van der Waals surface area contributed by atoms with Crippen LogP contribution in [0.1, 0.15) is 13.8 Å². The quantitative estimate of drug-likeness (QED) is 0.293. The Labute approximate surface area is 251 Å². The Balaban J connectivity index is 1.16. The van der Waals surface area contributed by atoms with E-state index in [0.29, 0.717) is 75.6 Å². The maximum atomic E-state index is 12.6. The van der Waals surface area contributed by atoms with Gasteiger partial charge in [-0.25, -0.2) is 0 Å². The van der Waals surface area contributed by atoms with Crippen molar-refractivity contribution in [2.24, 2.45) is 0 Å². The number of amides is 2. The first-order valence-corrected chi connectivity index (χ1v) is 15.3. The number of para-hydroxylation sites is 4. The molecule has 2 aromatic carbocycles. The van der Waals surface area contributed by atoms with Crippen molar-refractivity contribution in [3.05, 3.63) is 48.5 Å². The summed E-state index contributed by atoms with van der Waals surface area (Å²) >= 11 is -1.61. The van der Waals surface area contributed by atoms with Crippen LogP contribution >= 0.6 is 0 Å². The average molecular weight is 688 g/mol. The molecule has 0 radical (unpaired) electrons. The third-order valence-electron chi connectivity index (χ3n) is 6.14. The van der Waals surface area contributed by atoms with Gasteiger partial charge in [-0.3, -0.25) is 0 Å². The van der Waals surface area contributed by atoms with Gasteiger partial charge in [0.15, 0.2) is 0 Å². The van der Waals surface area contributed by atoms with Crippen LogP contribution in [0.15, 0.2) is 48.5 Å². The van der Waals surface area contributed by atoms with Crippen molar-refractivity contribution in [1.82, 2.24) is 9.80 Å². The van der Waals surface area contributed by atoms with E-state index in [1.165, 1.54) is 9.80 Å². The zero-order valence-electron chi connectivity index (χ0n) is 23.2. The van der Waals surface area contributed by atoms with Crippen molar-refractivity contribution in [2.45, 2.75) is 26.1 Å². The summed E-state index contributed by atoms with van der Waals surface area (Å²) in [6.45, 7) is 7.40. The minimum atomic E-state index is -1.61. The normalized spacial score (nSPS) is 18.9. The molecule has 2 aliphatic heterocycles. The second-order valence-electron chi connectivity index (χ2n) is 9.01. The summed E-state index contributed by atoms with van der Waals surface area (Å²) in [5.41, 5.74) is 0. The summed E-state index contributed by atoms with van der Waals surface area (Å²) < 4.78 is 45.1. The molecule has 0 aromatic heterocycles. The Morgan fingerprint density at radius 2 is 1.10 bits per heavy atom. The first-order chi connectivity index (χ1) is 20.1. The number of carbonyl (C=O) groups excluding carboxylic acids is 2. The van der Waals surface area contributed by atoms with Gasteiger partial charge in [-0.15, -0.1) is 0 Å². The average Bonchev–Trinajstić information content (AvgIpc) is 3.00. The van der Waals surface area contributed by atoms with Gasteiger partial charge in [-0.2, -0.15) is 0 Å². The van der Waals surface area contributed by atoms with Crippen molar-refractivity contribution >= 4 is 12.2 Å². The molecule has 4 rings (SSSR count). The summed E-state index contributed by atoms with van der Waals surface area (Å²) in [5.74, 6) is 2.53. The van der Waals surface area contributed by atoms with Crippen LogP contribution in [-0.2, 0) is 15.6 Å². The zero-order chi connectivity index (χ0) is 28.9. The predicted molar refractivity (Wildman–Crippen MR) is 142 cm³/mol. The van der Waals surface area contributed by atoms with Gasteiger partial charge >= 0.3 is 252 Å². The van der Waals surface area contributed by atoms with Crippen LogP contribution in [0.2, 0.25) is 0 Å². The minimum absolute atomic E-state index is 0.247. The van der Waals surface area contributed by atoms with E-state index in [1.54, 1.807) is 0 Å². The van der Waals surface area contributed by atoms with Crippen LogP contribution in [0.5, 0.6) is 23.0 Å². The number of hydrogen-bond donors (Lipinski definition) is 0. The van der Waals surface area contributed by atoms with Gasteiger partial charge in [0.2, 0.25) is 0 Å². The summed E-state index contributed by atoms with van der Waals surface area (Å²) in [5, 5.41) is 0. The molecule has 2 heterocycles. The molecule has 2 aromatic rings. The molecule has 2 atom stereocenters. The molecule has 41 heavy (non-hydrogen) atoms. The SMILES string of the molecule is CCOc1ccccc1OCC1CN(C(=O)O[I-]OC(=O)N2CCOC(COc3ccccc3OCC)C2)CCO1. The fourth-order valence-corrected chi connectivity index (χ4v) is 5.15. The third kappa shape index (κ3) is 9.43. The molecule has 226 valence electrons. The molecule has 0 aliphatic carbocycles. The van der Waals surface area contributed by atoms with Crippen LogP contribution in [0.4, 0.5) is 9.59 Å². The number of hydrogen-bond acceptors (Lipinski definition) is 10. The third-order valence-corrected chi connectivity index (χ3v) is 7.25. The van der Waals surface area contributed by atoms with E-state index in [-0.39, 0.29) is 25.4 Å². The Hall–Kier alpha value is -3.17. The second kappa shape index (κ2) is 16.3. The Morgan fingerprint density at radius 3 is 1.49 bits per heavy atom. The Kier molecular flexibility index (Phi) is 12.3. The van der Waals surface area contributed by atoms with Gasteiger partial charge in [-0.05, 0) is 0 Å². The van der Waals surface area contributed by atoms with Gasteiger partial charge < -0.3 is 0 Å². The van der Waals surface area contributed by atoms with Crippen LogP contribution < -0.4 is 41.0 Å². The number of morpholine rings is 2. The van der Waals surface area contributed by atoms with E-state index >= 15 is 0 Å². The first-order valence-electron chi connectivity index (χ1n) is 13.6. The number of benzene rings is 2. The van der Waals surface area contributed by atoms with Crippen LogP contribution in [0, 0.1) is 0 Å². The van der Waals surface area contributed by atoms with Crippen molar-refractivity contribution in [2.75, 3.05) is 65.8 Å². The summed E-state index contributed by atoms with van der Waals surface area (Å²) in [4.78, 5) is 28.3.